The zero-order valence-corrected chi connectivity index (χ0v) is 13.7. The molecule has 0 radical (unpaired) electrons. The van der Waals surface area contributed by atoms with Crippen LogP contribution >= 0.6 is 31.9 Å². The highest BCUT2D eigenvalue weighted by Gasteiger charge is 2.11. The predicted molar refractivity (Wildman–Crippen MR) is 88.7 cm³/mol. The lowest BCUT2D eigenvalue weighted by Crippen LogP contribution is -2.12. The molecule has 0 saturated carbocycles. The number of imidazole rings is 1. The summed E-state index contributed by atoms with van der Waals surface area (Å²) in [6.45, 7) is 0. The highest BCUT2D eigenvalue weighted by Crippen LogP contribution is 2.23. The van der Waals surface area contributed by atoms with Crippen LogP contribution in [0.15, 0.2) is 50.1 Å². The van der Waals surface area contributed by atoms with E-state index in [9.17, 15) is 9.59 Å². The second kappa shape index (κ2) is 5.50. The Labute approximate surface area is 136 Å². The summed E-state index contributed by atoms with van der Waals surface area (Å²) < 4.78 is 1.59. The van der Waals surface area contributed by atoms with Gasteiger partial charge in [-0.1, -0.05) is 15.9 Å². The standard InChI is InChI=1S/C14H9Br2N3O2/c15-7-1-3-9(10(16)5-7)13(20)17-8-2-4-11-12(6-8)19-14(21)18-11/h1-6H,(H,17,20)(H2,18,19,21). The topological polar surface area (TPSA) is 77.8 Å². The molecular weight excluding hydrogens is 402 g/mol. The number of aromatic amines is 2. The van der Waals surface area contributed by atoms with Crippen molar-refractivity contribution >= 4 is 54.5 Å². The van der Waals surface area contributed by atoms with E-state index in [1.165, 1.54) is 0 Å². The summed E-state index contributed by atoms with van der Waals surface area (Å²) in [7, 11) is 0. The Bertz CT molecular complexity index is 899. The third-order valence-electron chi connectivity index (χ3n) is 2.95. The number of anilines is 1. The quantitative estimate of drug-likeness (QED) is 0.603. The summed E-state index contributed by atoms with van der Waals surface area (Å²) in [6.07, 6.45) is 0. The first kappa shape index (κ1) is 14.1. The first-order valence-corrected chi connectivity index (χ1v) is 7.60. The van der Waals surface area contributed by atoms with Crippen molar-refractivity contribution < 1.29 is 4.79 Å². The van der Waals surface area contributed by atoms with E-state index in [0.717, 1.165) is 4.47 Å². The molecule has 21 heavy (non-hydrogen) atoms. The van der Waals surface area contributed by atoms with Gasteiger partial charge < -0.3 is 15.3 Å². The number of fused-ring (bicyclic) bond motifs is 1. The molecule has 0 aliphatic carbocycles. The zero-order valence-electron chi connectivity index (χ0n) is 10.5. The SMILES string of the molecule is O=C(Nc1ccc2[nH]c(=O)[nH]c2c1)c1ccc(Br)cc1Br. The number of halogens is 2. The Hall–Kier alpha value is -1.86. The normalized spacial score (nSPS) is 10.8. The summed E-state index contributed by atoms with van der Waals surface area (Å²) >= 11 is 6.70. The first-order valence-electron chi connectivity index (χ1n) is 6.01. The van der Waals surface area contributed by atoms with Crippen molar-refractivity contribution in [3.8, 4) is 0 Å². The Morgan fingerprint density at radius 3 is 2.52 bits per heavy atom. The third-order valence-corrected chi connectivity index (χ3v) is 4.10. The molecule has 0 saturated heterocycles. The molecule has 0 aliphatic rings. The van der Waals surface area contributed by atoms with Crippen LogP contribution < -0.4 is 11.0 Å². The smallest absolute Gasteiger partial charge is 0.322 e. The molecule has 7 heteroatoms. The van der Waals surface area contributed by atoms with E-state index in [-0.39, 0.29) is 11.6 Å². The lowest BCUT2D eigenvalue weighted by atomic mass is 10.2. The van der Waals surface area contributed by atoms with E-state index in [0.29, 0.717) is 26.8 Å². The van der Waals surface area contributed by atoms with Gasteiger partial charge in [0.1, 0.15) is 0 Å². The van der Waals surface area contributed by atoms with Gasteiger partial charge >= 0.3 is 5.69 Å². The second-order valence-corrected chi connectivity index (χ2v) is 6.19. The van der Waals surface area contributed by atoms with Crippen molar-refractivity contribution in [2.75, 3.05) is 5.32 Å². The largest absolute Gasteiger partial charge is 0.323 e. The monoisotopic (exact) mass is 409 g/mol. The van der Waals surface area contributed by atoms with E-state index < -0.39 is 0 Å². The van der Waals surface area contributed by atoms with Gasteiger partial charge in [-0.05, 0) is 52.3 Å². The number of carbonyl (C=O) groups is 1. The van der Waals surface area contributed by atoms with Crippen LogP contribution in [0.25, 0.3) is 11.0 Å². The van der Waals surface area contributed by atoms with E-state index in [2.05, 4.69) is 47.1 Å². The number of benzene rings is 2. The van der Waals surface area contributed by atoms with Gasteiger partial charge in [0, 0.05) is 14.6 Å². The summed E-state index contributed by atoms with van der Waals surface area (Å²) in [5, 5.41) is 2.80. The molecule has 0 bridgehead atoms. The Balaban J connectivity index is 1.90. The van der Waals surface area contributed by atoms with Crippen molar-refractivity contribution in [3.63, 3.8) is 0 Å². The van der Waals surface area contributed by atoms with Crippen molar-refractivity contribution in [2.45, 2.75) is 0 Å². The average molecular weight is 411 g/mol. The zero-order chi connectivity index (χ0) is 15.0. The number of hydrogen-bond donors (Lipinski definition) is 3. The molecule has 1 aromatic heterocycles. The lowest BCUT2D eigenvalue weighted by Gasteiger charge is -2.07. The molecule has 0 atom stereocenters. The first-order chi connectivity index (χ1) is 10.0. The van der Waals surface area contributed by atoms with Crippen LogP contribution in [-0.2, 0) is 0 Å². The molecule has 5 nitrogen and oxygen atoms in total. The molecule has 0 unspecified atom stereocenters. The summed E-state index contributed by atoms with van der Waals surface area (Å²) in [6, 6.07) is 10.5. The molecule has 2 aromatic carbocycles. The summed E-state index contributed by atoms with van der Waals surface area (Å²) in [5.74, 6) is -0.230. The van der Waals surface area contributed by atoms with E-state index in [4.69, 9.17) is 0 Å². The number of H-pyrrole nitrogens is 2. The van der Waals surface area contributed by atoms with Crippen LogP contribution in [0.2, 0.25) is 0 Å². The highest BCUT2D eigenvalue weighted by molar-refractivity contribution is 9.11. The minimum absolute atomic E-state index is 0.230. The molecule has 0 spiro atoms. The minimum Gasteiger partial charge on any atom is -0.322 e. The number of nitrogens with one attached hydrogen (secondary N) is 3. The van der Waals surface area contributed by atoms with Crippen LogP contribution in [0.4, 0.5) is 5.69 Å². The Kier molecular flexibility index (Phi) is 3.69. The second-order valence-electron chi connectivity index (χ2n) is 4.42. The fraction of sp³-hybridized carbons (Fsp3) is 0. The number of hydrogen-bond acceptors (Lipinski definition) is 2. The van der Waals surface area contributed by atoms with Gasteiger partial charge in [-0.3, -0.25) is 4.79 Å². The highest BCUT2D eigenvalue weighted by atomic mass is 79.9. The van der Waals surface area contributed by atoms with Gasteiger partial charge in [0.25, 0.3) is 5.91 Å². The average Bonchev–Trinajstić information content (AvgIpc) is 2.77. The molecule has 106 valence electrons. The Morgan fingerprint density at radius 1 is 1.00 bits per heavy atom. The van der Waals surface area contributed by atoms with E-state index in [1.807, 2.05) is 6.07 Å². The number of aromatic nitrogens is 2. The van der Waals surface area contributed by atoms with Gasteiger partial charge in [0.2, 0.25) is 0 Å². The Morgan fingerprint density at radius 2 is 1.76 bits per heavy atom. The molecule has 1 amide bonds. The summed E-state index contributed by atoms with van der Waals surface area (Å²) in [5.41, 5.74) is 2.21. The van der Waals surface area contributed by atoms with Gasteiger partial charge in [-0.15, -0.1) is 0 Å². The molecule has 3 rings (SSSR count). The van der Waals surface area contributed by atoms with E-state index >= 15 is 0 Å². The van der Waals surface area contributed by atoms with Crippen molar-refractivity contribution in [1.29, 1.82) is 0 Å². The van der Waals surface area contributed by atoms with Crippen LogP contribution in [0.1, 0.15) is 10.4 Å². The predicted octanol–water partition coefficient (Wildman–Crippen LogP) is 3.63. The number of rotatable bonds is 2. The molecule has 0 fully saturated rings. The maximum absolute atomic E-state index is 12.3. The van der Waals surface area contributed by atoms with Gasteiger partial charge in [0.05, 0.1) is 16.6 Å². The minimum atomic E-state index is -0.274. The maximum Gasteiger partial charge on any atom is 0.323 e. The van der Waals surface area contributed by atoms with Gasteiger partial charge in [-0.2, -0.15) is 0 Å². The van der Waals surface area contributed by atoms with Crippen molar-refractivity contribution in [3.05, 3.63) is 61.4 Å². The number of amides is 1. The van der Waals surface area contributed by atoms with E-state index in [1.54, 1.807) is 30.3 Å². The maximum atomic E-state index is 12.3. The third kappa shape index (κ3) is 2.93. The summed E-state index contributed by atoms with van der Waals surface area (Å²) in [4.78, 5) is 28.8. The molecule has 1 heterocycles. The fourth-order valence-electron chi connectivity index (χ4n) is 1.98. The molecule has 0 aliphatic heterocycles. The van der Waals surface area contributed by atoms with Crippen molar-refractivity contribution in [1.82, 2.24) is 9.97 Å². The van der Waals surface area contributed by atoms with Crippen LogP contribution in [0, 0.1) is 0 Å². The van der Waals surface area contributed by atoms with Gasteiger partial charge in [0.15, 0.2) is 0 Å². The van der Waals surface area contributed by atoms with Crippen LogP contribution in [0.3, 0.4) is 0 Å². The lowest BCUT2D eigenvalue weighted by molar-refractivity contribution is 0.102. The van der Waals surface area contributed by atoms with Crippen LogP contribution in [0.5, 0.6) is 0 Å². The molecular formula is C14H9Br2N3O2. The van der Waals surface area contributed by atoms with Crippen molar-refractivity contribution in [2.24, 2.45) is 0 Å². The van der Waals surface area contributed by atoms with Crippen LogP contribution in [-0.4, -0.2) is 15.9 Å². The molecule has 3 N–H and O–H groups in total. The molecule has 3 aromatic rings. The fourth-order valence-corrected chi connectivity index (χ4v) is 3.21. The number of carbonyl (C=O) groups excluding carboxylic acids is 1. The van der Waals surface area contributed by atoms with Gasteiger partial charge in [-0.25, -0.2) is 4.79 Å².